The number of ether oxygens (including phenoxy) is 1. The van der Waals surface area contributed by atoms with Crippen molar-refractivity contribution >= 4 is 40.8 Å². The molecule has 0 bridgehead atoms. The molecule has 0 aliphatic carbocycles. The third-order valence-electron chi connectivity index (χ3n) is 6.31. The number of para-hydroxylation sites is 2. The van der Waals surface area contributed by atoms with Crippen LogP contribution in [-0.2, 0) is 5.75 Å². The quantitative estimate of drug-likeness (QED) is 0.215. The molecule has 9 heteroatoms. The Hall–Kier alpha value is -2.97. The van der Waals surface area contributed by atoms with Gasteiger partial charge in [-0.2, -0.15) is 0 Å². The van der Waals surface area contributed by atoms with Gasteiger partial charge in [0.2, 0.25) is 0 Å². The number of amides is 1. The number of carbonyl (C=O) groups excluding carboxylic acids is 1. The summed E-state index contributed by atoms with van der Waals surface area (Å²) in [7, 11) is 1.69. The molecule has 0 spiro atoms. The highest BCUT2D eigenvalue weighted by Gasteiger charge is 2.23. The van der Waals surface area contributed by atoms with Gasteiger partial charge in [-0.15, -0.1) is 0 Å². The summed E-state index contributed by atoms with van der Waals surface area (Å²) in [5.41, 5.74) is 2.88. The number of carbonyl (C=O) groups is 1. The van der Waals surface area contributed by atoms with E-state index in [1.165, 1.54) is 11.8 Å². The molecule has 4 rings (SSSR count). The first-order chi connectivity index (χ1) is 17.5. The van der Waals surface area contributed by atoms with Gasteiger partial charge in [-0.25, -0.2) is 9.97 Å². The fourth-order valence-electron chi connectivity index (χ4n) is 4.28. The zero-order valence-corrected chi connectivity index (χ0v) is 22.6. The van der Waals surface area contributed by atoms with Crippen LogP contribution in [0.3, 0.4) is 0 Å². The van der Waals surface area contributed by atoms with Crippen molar-refractivity contribution in [3.8, 4) is 5.75 Å². The number of piperazine rings is 1. The molecule has 1 aliphatic heterocycles. The van der Waals surface area contributed by atoms with Crippen molar-refractivity contribution in [1.29, 1.82) is 0 Å². The number of aromatic nitrogens is 2. The topological polar surface area (TPSA) is 61.8 Å². The van der Waals surface area contributed by atoms with Crippen LogP contribution in [0, 0.1) is 0 Å². The Morgan fingerprint density at radius 1 is 1.03 bits per heavy atom. The maximum absolute atomic E-state index is 13.1. The number of halogens is 1. The van der Waals surface area contributed by atoms with Crippen LogP contribution in [-0.4, -0.2) is 67.2 Å². The van der Waals surface area contributed by atoms with Crippen LogP contribution in [0.25, 0.3) is 0 Å². The van der Waals surface area contributed by atoms with Crippen molar-refractivity contribution in [3.05, 3.63) is 70.9 Å². The zero-order valence-electron chi connectivity index (χ0n) is 21.0. The number of rotatable bonds is 9. The van der Waals surface area contributed by atoms with Gasteiger partial charge in [-0.05, 0) is 43.7 Å². The van der Waals surface area contributed by atoms with Crippen LogP contribution < -0.4 is 14.5 Å². The summed E-state index contributed by atoms with van der Waals surface area (Å²) >= 11 is 7.77. The Balaban J connectivity index is 1.33. The van der Waals surface area contributed by atoms with Gasteiger partial charge in [0.15, 0.2) is 5.16 Å². The first-order valence-electron chi connectivity index (χ1n) is 12.2. The highest BCUT2D eigenvalue weighted by molar-refractivity contribution is 7.98. The molecule has 0 N–H and O–H groups in total. The van der Waals surface area contributed by atoms with Crippen molar-refractivity contribution in [3.63, 3.8) is 0 Å². The van der Waals surface area contributed by atoms with Crippen LogP contribution in [0.2, 0.25) is 5.15 Å². The van der Waals surface area contributed by atoms with Crippen LogP contribution >= 0.6 is 23.4 Å². The number of hydrogen-bond donors (Lipinski definition) is 0. The fraction of sp³-hybridized carbons (Fsp3) is 0.370. The second kappa shape index (κ2) is 12.3. The van der Waals surface area contributed by atoms with Crippen molar-refractivity contribution in [2.24, 2.45) is 0 Å². The number of anilines is 2. The van der Waals surface area contributed by atoms with Gasteiger partial charge in [0.05, 0.1) is 12.8 Å². The second-order valence-corrected chi connectivity index (χ2v) is 9.77. The third-order valence-corrected chi connectivity index (χ3v) is 7.42. The molecule has 1 fully saturated rings. The molecule has 1 saturated heterocycles. The van der Waals surface area contributed by atoms with Gasteiger partial charge in [-0.1, -0.05) is 47.6 Å². The lowest BCUT2D eigenvalue weighted by molar-refractivity contribution is 0.0746. The number of nitrogens with zero attached hydrogens (tertiary/aromatic N) is 5. The maximum atomic E-state index is 13.1. The van der Waals surface area contributed by atoms with E-state index in [0.29, 0.717) is 34.7 Å². The van der Waals surface area contributed by atoms with Crippen LogP contribution in [0.5, 0.6) is 5.75 Å². The Labute approximate surface area is 222 Å². The molecule has 0 radical (unpaired) electrons. The molecule has 7 nitrogen and oxygen atoms in total. The highest BCUT2D eigenvalue weighted by atomic mass is 35.5. The van der Waals surface area contributed by atoms with E-state index in [9.17, 15) is 4.79 Å². The van der Waals surface area contributed by atoms with Gasteiger partial charge in [-0.3, -0.25) is 4.79 Å². The van der Waals surface area contributed by atoms with Gasteiger partial charge in [0.25, 0.3) is 5.91 Å². The molecular weight excluding hydrogens is 494 g/mol. The molecule has 0 saturated carbocycles. The lowest BCUT2D eigenvalue weighted by Crippen LogP contribution is -2.48. The Kier molecular flexibility index (Phi) is 8.93. The molecule has 0 atom stereocenters. The number of benzene rings is 2. The molecular formula is C27H32ClN5O2S. The normalized spacial score (nSPS) is 13.6. The van der Waals surface area contributed by atoms with Gasteiger partial charge >= 0.3 is 0 Å². The summed E-state index contributed by atoms with van der Waals surface area (Å²) < 4.78 is 5.49. The van der Waals surface area contributed by atoms with E-state index in [2.05, 4.69) is 39.7 Å². The minimum Gasteiger partial charge on any atom is -0.495 e. The fourth-order valence-corrected chi connectivity index (χ4v) is 5.31. The first-order valence-corrected chi connectivity index (χ1v) is 13.6. The monoisotopic (exact) mass is 525 g/mol. The zero-order chi connectivity index (χ0) is 25.5. The molecule has 1 aliphatic rings. The Morgan fingerprint density at radius 3 is 2.39 bits per heavy atom. The molecule has 2 heterocycles. The van der Waals surface area contributed by atoms with Crippen molar-refractivity contribution in [1.82, 2.24) is 14.9 Å². The van der Waals surface area contributed by atoms with E-state index >= 15 is 0 Å². The summed E-state index contributed by atoms with van der Waals surface area (Å²) in [6, 6.07) is 17.6. The second-order valence-electron chi connectivity index (χ2n) is 8.44. The lowest BCUT2D eigenvalue weighted by atomic mass is 10.1. The van der Waals surface area contributed by atoms with Gasteiger partial charge in [0, 0.05) is 56.7 Å². The molecule has 0 unspecified atom stereocenters. The largest absolute Gasteiger partial charge is 0.495 e. The van der Waals surface area contributed by atoms with Crippen molar-refractivity contribution < 1.29 is 9.53 Å². The smallest absolute Gasteiger partial charge is 0.253 e. The Bertz CT molecular complexity index is 1170. The molecule has 190 valence electrons. The van der Waals surface area contributed by atoms with Crippen LogP contribution in [0.15, 0.2) is 59.8 Å². The minimum atomic E-state index is 0.0657. The third kappa shape index (κ3) is 6.23. The molecule has 1 amide bonds. The first kappa shape index (κ1) is 26.1. The van der Waals surface area contributed by atoms with E-state index in [0.717, 1.165) is 49.0 Å². The number of hydrogen-bond acceptors (Lipinski definition) is 7. The molecule has 3 aromatic rings. The lowest BCUT2D eigenvalue weighted by Gasteiger charge is -2.36. The standard InChI is InChI=1S/C27H32ClN5O2S/c1-4-31(5-2)25-18-24(28)29-27(30-25)36-19-20-10-12-21(13-11-20)26(34)33-16-14-32(15-17-33)22-8-6-7-9-23(22)35-3/h6-13,18H,4-5,14-17,19H2,1-3H3. The maximum Gasteiger partial charge on any atom is 0.253 e. The number of thioether (sulfide) groups is 1. The molecule has 1 aromatic heterocycles. The van der Waals surface area contributed by atoms with E-state index in [4.69, 9.17) is 16.3 Å². The molecule has 2 aromatic carbocycles. The van der Waals surface area contributed by atoms with Gasteiger partial charge < -0.3 is 19.4 Å². The predicted molar refractivity (Wildman–Crippen MR) is 148 cm³/mol. The van der Waals surface area contributed by atoms with Crippen LogP contribution in [0.1, 0.15) is 29.8 Å². The highest BCUT2D eigenvalue weighted by Crippen LogP contribution is 2.29. The van der Waals surface area contributed by atoms with E-state index < -0.39 is 0 Å². The minimum absolute atomic E-state index is 0.0657. The SMILES string of the molecule is CCN(CC)c1cc(Cl)nc(SCc2ccc(C(=O)N3CCN(c4ccccc4OC)CC3)cc2)n1. The summed E-state index contributed by atoms with van der Waals surface area (Å²) in [5, 5.41) is 1.10. The summed E-state index contributed by atoms with van der Waals surface area (Å²) in [4.78, 5) is 28.4. The Morgan fingerprint density at radius 2 is 1.72 bits per heavy atom. The van der Waals surface area contributed by atoms with E-state index in [1.807, 2.05) is 47.4 Å². The number of methoxy groups -OCH3 is 1. The summed E-state index contributed by atoms with van der Waals surface area (Å²) in [6.45, 7) is 8.81. The predicted octanol–water partition coefficient (Wildman–Crippen LogP) is 5.24. The average molecular weight is 526 g/mol. The van der Waals surface area contributed by atoms with Crippen molar-refractivity contribution in [2.45, 2.75) is 24.8 Å². The van der Waals surface area contributed by atoms with E-state index in [-0.39, 0.29) is 5.91 Å². The summed E-state index contributed by atoms with van der Waals surface area (Å²) in [5.74, 6) is 2.47. The van der Waals surface area contributed by atoms with Gasteiger partial charge in [0.1, 0.15) is 16.7 Å². The van der Waals surface area contributed by atoms with Crippen LogP contribution in [0.4, 0.5) is 11.5 Å². The average Bonchev–Trinajstić information content (AvgIpc) is 2.92. The van der Waals surface area contributed by atoms with Crippen molar-refractivity contribution in [2.75, 3.05) is 56.2 Å². The van der Waals surface area contributed by atoms with E-state index in [1.54, 1.807) is 13.2 Å². The summed E-state index contributed by atoms with van der Waals surface area (Å²) in [6.07, 6.45) is 0. The molecule has 36 heavy (non-hydrogen) atoms.